The fraction of sp³-hybridized carbons (Fsp3) is 0.600. The third-order valence-corrected chi connectivity index (χ3v) is 5.30. The first-order chi connectivity index (χ1) is 14.1. The maximum absolute atomic E-state index is 13.3. The van der Waals surface area contributed by atoms with Crippen LogP contribution in [0.25, 0.3) is 0 Å². The number of methoxy groups -OCH3 is 2. The second-order valence-electron chi connectivity index (χ2n) is 8.22. The van der Waals surface area contributed by atoms with E-state index in [0.717, 1.165) is 4.47 Å². The largest absolute Gasteiger partial charge is 0.492 e. The summed E-state index contributed by atoms with van der Waals surface area (Å²) >= 11 is 3.34. The highest BCUT2D eigenvalue weighted by molar-refractivity contribution is 9.10. The van der Waals surface area contributed by atoms with E-state index in [1.807, 2.05) is 20.8 Å². The minimum absolute atomic E-state index is 0.0872. The number of nitrogens with zero attached hydrogens (tertiary/aromatic N) is 2. The summed E-state index contributed by atoms with van der Waals surface area (Å²) in [6, 6.07) is 0.172. The molecule has 9 nitrogen and oxygen atoms in total. The van der Waals surface area contributed by atoms with Gasteiger partial charge < -0.3 is 24.4 Å². The summed E-state index contributed by atoms with van der Waals surface area (Å²) in [5.74, 6) is -0.366. The minimum Gasteiger partial charge on any atom is -0.492 e. The number of hydrogen-bond acceptors (Lipinski definition) is 7. The van der Waals surface area contributed by atoms with Crippen LogP contribution in [-0.2, 0) is 19.1 Å². The summed E-state index contributed by atoms with van der Waals surface area (Å²) in [5.41, 5.74) is -0.595. The van der Waals surface area contributed by atoms with E-state index in [0.29, 0.717) is 25.3 Å². The van der Waals surface area contributed by atoms with Gasteiger partial charge >= 0.3 is 12.1 Å². The number of esters is 1. The number of carbonyl (C=O) groups is 3. The SMILES string of the molecule is COC(=O)N[C@H](C(=O)N1C[C@H](COc2cncc(Br)c2)C[C@H]1C(=O)OC)C(C)(C)C. The number of aromatic nitrogens is 1. The maximum Gasteiger partial charge on any atom is 0.407 e. The van der Waals surface area contributed by atoms with Crippen LogP contribution in [0.3, 0.4) is 0 Å². The number of halogens is 1. The van der Waals surface area contributed by atoms with E-state index < -0.39 is 29.6 Å². The van der Waals surface area contributed by atoms with Crippen molar-refractivity contribution in [3.8, 4) is 5.75 Å². The third kappa shape index (κ3) is 6.07. The fourth-order valence-corrected chi connectivity index (χ4v) is 3.67. The van der Waals surface area contributed by atoms with Gasteiger partial charge in [-0.3, -0.25) is 9.78 Å². The van der Waals surface area contributed by atoms with E-state index >= 15 is 0 Å². The Kier molecular flexibility index (Phi) is 8.05. The number of rotatable bonds is 6. The van der Waals surface area contributed by atoms with Gasteiger partial charge in [-0.25, -0.2) is 9.59 Å². The molecule has 0 aromatic carbocycles. The van der Waals surface area contributed by atoms with Crippen LogP contribution < -0.4 is 10.1 Å². The molecular weight excluding hydrogens is 458 g/mol. The van der Waals surface area contributed by atoms with E-state index in [-0.39, 0.29) is 11.8 Å². The van der Waals surface area contributed by atoms with Crippen molar-refractivity contribution in [2.45, 2.75) is 39.3 Å². The van der Waals surface area contributed by atoms with Gasteiger partial charge in [0, 0.05) is 23.1 Å². The van der Waals surface area contributed by atoms with Gasteiger partial charge in [-0.2, -0.15) is 0 Å². The van der Waals surface area contributed by atoms with Crippen molar-refractivity contribution in [2.75, 3.05) is 27.4 Å². The second kappa shape index (κ2) is 10.1. The highest BCUT2D eigenvalue weighted by atomic mass is 79.9. The van der Waals surface area contributed by atoms with Crippen molar-refractivity contribution in [3.05, 3.63) is 22.9 Å². The third-order valence-electron chi connectivity index (χ3n) is 4.87. The van der Waals surface area contributed by atoms with Gasteiger partial charge in [-0.1, -0.05) is 20.8 Å². The zero-order chi connectivity index (χ0) is 22.5. The lowest BCUT2D eigenvalue weighted by atomic mass is 9.85. The van der Waals surface area contributed by atoms with Gasteiger partial charge in [-0.05, 0) is 33.8 Å². The van der Waals surface area contributed by atoms with Crippen LogP contribution >= 0.6 is 15.9 Å². The quantitative estimate of drug-likeness (QED) is 0.616. The summed E-state index contributed by atoms with van der Waals surface area (Å²) in [6.07, 6.45) is 2.93. The Balaban J connectivity index is 2.17. The molecule has 1 aromatic rings. The van der Waals surface area contributed by atoms with E-state index in [1.165, 1.54) is 19.1 Å². The Morgan fingerprint density at radius 2 is 1.97 bits per heavy atom. The van der Waals surface area contributed by atoms with E-state index in [9.17, 15) is 14.4 Å². The number of amides is 2. The number of carbonyl (C=O) groups excluding carboxylic acids is 3. The normalized spacial score (nSPS) is 19.7. The monoisotopic (exact) mass is 485 g/mol. The van der Waals surface area contributed by atoms with Crippen LogP contribution in [-0.4, -0.2) is 67.3 Å². The molecule has 1 N–H and O–H groups in total. The number of pyridine rings is 1. The average Bonchev–Trinajstić information content (AvgIpc) is 3.12. The fourth-order valence-electron chi connectivity index (χ4n) is 3.32. The molecule has 0 saturated carbocycles. The molecule has 1 aromatic heterocycles. The Morgan fingerprint density at radius 3 is 2.53 bits per heavy atom. The molecule has 2 rings (SSSR count). The molecule has 0 bridgehead atoms. The highest BCUT2D eigenvalue weighted by Crippen LogP contribution is 2.30. The molecule has 1 saturated heterocycles. The van der Waals surface area contributed by atoms with Crippen molar-refractivity contribution in [1.82, 2.24) is 15.2 Å². The maximum atomic E-state index is 13.3. The first kappa shape index (κ1) is 23.9. The van der Waals surface area contributed by atoms with Gasteiger partial charge in [0.2, 0.25) is 5.91 Å². The molecule has 1 aliphatic rings. The molecule has 2 amide bonds. The molecule has 1 fully saturated rings. The van der Waals surface area contributed by atoms with Crippen LogP contribution in [0.5, 0.6) is 5.75 Å². The molecule has 0 radical (unpaired) electrons. The smallest absolute Gasteiger partial charge is 0.407 e. The van der Waals surface area contributed by atoms with Gasteiger partial charge in [-0.15, -0.1) is 0 Å². The zero-order valence-electron chi connectivity index (χ0n) is 17.8. The van der Waals surface area contributed by atoms with Crippen LogP contribution in [0.15, 0.2) is 22.9 Å². The first-order valence-corrected chi connectivity index (χ1v) is 10.3. The number of likely N-dealkylation sites (tertiary alicyclic amines) is 1. The molecular formula is C20H28BrN3O6. The lowest BCUT2D eigenvalue weighted by molar-refractivity contribution is -0.152. The van der Waals surface area contributed by atoms with Crippen molar-refractivity contribution in [1.29, 1.82) is 0 Å². The molecule has 0 spiro atoms. The van der Waals surface area contributed by atoms with Crippen molar-refractivity contribution < 1.29 is 28.6 Å². The van der Waals surface area contributed by atoms with Crippen molar-refractivity contribution in [3.63, 3.8) is 0 Å². The molecule has 166 valence electrons. The van der Waals surface area contributed by atoms with Gasteiger partial charge in [0.15, 0.2) is 0 Å². The Bertz CT molecular complexity index is 782. The van der Waals surface area contributed by atoms with E-state index in [4.69, 9.17) is 9.47 Å². The lowest BCUT2D eigenvalue weighted by Crippen LogP contribution is -2.56. The summed E-state index contributed by atoms with van der Waals surface area (Å²) in [5, 5.41) is 2.59. The molecule has 1 aliphatic heterocycles. The van der Waals surface area contributed by atoms with Crippen LogP contribution in [0.4, 0.5) is 4.79 Å². The predicted molar refractivity (Wildman–Crippen MR) is 112 cm³/mol. The first-order valence-electron chi connectivity index (χ1n) is 9.53. The Hall–Kier alpha value is -2.36. The Morgan fingerprint density at radius 1 is 1.27 bits per heavy atom. The van der Waals surface area contributed by atoms with Gasteiger partial charge in [0.1, 0.15) is 17.8 Å². The topological polar surface area (TPSA) is 107 Å². The minimum atomic E-state index is -0.869. The highest BCUT2D eigenvalue weighted by Gasteiger charge is 2.45. The van der Waals surface area contributed by atoms with Crippen molar-refractivity contribution >= 4 is 33.9 Å². The number of ether oxygens (including phenoxy) is 3. The molecule has 3 atom stereocenters. The second-order valence-corrected chi connectivity index (χ2v) is 9.13. The van der Waals surface area contributed by atoms with Crippen LogP contribution in [0.2, 0.25) is 0 Å². The van der Waals surface area contributed by atoms with Crippen molar-refractivity contribution in [2.24, 2.45) is 11.3 Å². The van der Waals surface area contributed by atoms with Gasteiger partial charge in [0.25, 0.3) is 0 Å². The van der Waals surface area contributed by atoms with Gasteiger partial charge in [0.05, 0.1) is 27.0 Å². The summed E-state index contributed by atoms with van der Waals surface area (Å²) < 4.78 is 16.2. The molecule has 10 heteroatoms. The van der Waals surface area contributed by atoms with Crippen LogP contribution in [0, 0.1) is 11.3 Å². The molecule has 30 heavy (non-hydrogen) atoms. The average molecular weight is 486 g/mol. The number of alkyl carbamates (subject to hydrolysis) is 1. The standard InChI is InChI=1S/C20H28BrN3O6/c1-20(2,3)16(23-19(27)29-5)17(25)24-10-12(6-15(24)18(26)28-4)11-30-14-7-13(21)8-22-9-14/h7-9,12,15-16H,6,10-11H2,1-5H3,(H,23,27)/t12-,15+,16-/m1/s1. The molecule has 2 heterocycles. The predicted octanol–water partition coefficient (Wildman–Crippen LogP) is 2.38. The number of nitrogens with one attached hydrogen (secondary N) is 1. The summed E-state index contributed by atoms with van der Waals surface area (Å²) in [7, 11) is 2.52. The molecule has 0 aliphatic carbocycles. The van der Waals surface area contributed by atoms with E-state index in [2.05, 4.69) is 31.0 Å². The lowest BCUT2D eigenvalue weighted by Gasteiger charge is -2.34. The Labute approximate surface area is 184 Å². The zero-order valence-corrected chi connectivity index (χ0v) is 19.4. The van der Waals surface area contributed by atoms with Crippen LogP contribution in [0.1, 0.15) is 27.2 Å². The summed E-state index contributed by atoms with van der Waals surface area (Å²) in [4.78, 5) is 43.0. The molecule has 0 unspecified atom stereocenters. The number of hydrogen-bond donors (Lipinski definition) is 1. The summed E-state index contributed by atoms with van der Waals surface area (Å²) in [6.45, 7) is 6.09. The van der Waals surface area contributed by atoms with E-state index in [1.54, 1.807) is 18.5 Å².